The predicted octanol–water partition coefficient (Wildman–Crippen LogP) is 5.57. The Morgan fingerprint density at radius 2 is 1.32 bits per heavy atom. The summed E-state index contributed by atoms with van der Waals surface area (Å²) in [7, 11) is -7.06. The molecule has 2 aromatic rings. The summed E-state index contributed by atoms with van der Waals surface area (Å²) in [5.74, 6) is -16.0. The highest BCUT2D eigenvalue weighted by Gasteiger charge is 2.86. The molecule has 0 aliphatic rings. The van der Waals surface area contributed by atoms with Crippen LogP contribution in [-0.2, 0) is 21.5 Å². The number of nitrogens with one attached hydrogen (secondary N) is 1. The van der Waals surface area contributed by atoms with Crippen molar-refractivity contribution in [3.05, 3.63) is 60.2 Å². The Labute approximate surface area is 185 Å². The first-order chi connectivity index (χ1) is 15.4. The van der Waals surface area contributed by atoms with Crippen molar-refractivity contribution in [1.29, 1.82) is 0 Å². The van der Waals surface area contributed by atoms with Gasteiger partial charge < -0.3 is 8.92 Å². The number of anilines is 1. The van der Waals surface area contributed by atoms with Gasteiger partial charge in [-0.15, -0.1) is 0 Å². The summed E-state index contributed by atoms with van der Waals surface area (Å²) in [5.41, 5.74) is 0.490. The highest BCUT2D eigenvalue weighted by Crippen LogP contribution is 2.54. The van der Waals surface area contributed by atoms with Crippen molar-refractivity contribution in [1.82, 2.24) is 0 Å². The highest BCUT2D eigenvalue weighted by molar-refractivity contribution is 7.88. The van der Waals surface area contributed by atoms with Crippen LogP contribution in [0.1, 0.15) is 5.56 Å². The first-order valence-corrected chi connectivity index (χ1v) is 10.0. The van der Waals surface area contributed by atoms with E-state index in [2.05, 4.69) is 9.50 Å². The number of rotatable bonds is 8. The predicted molar refractivity (Wildman–Crippen MR) is 97.1 cm³/mol. The number of benzene rings is 2. The zero-order valence-corrected chi connectivity index (χ0v) is 17.1. The molecular formula is C18H12F9NO5S. The molecule has 2 rings (SSSR count). The maximum Gasteiger partial charge on any atom is 0.460 e. The molecule has 0 saturated carbocycles. The molecule has 0 aliphatic carbocycles. The molecule has 0 radical (unpaired) electrons. The summed E-state index contributed by atoms with van der Waals surface area (Å²) >= 11 is 0. The number of carbonyl (C=O) groups excluding carboxylic acids is 1. The Hall–Kier alpha value is -3.17. The Morgan fingerprint density at radius 3 is 1.82 bits per heavy atom. The monoisotopic (exact) mass is 525 g/mol. The largest absolute Gasteiger partial charge is 0.460 e. The van der Waals surface area contributed by atoms with E-state index in [1.807, 2.05) is 0 Å². The quantitative estimate of drug-likeness (QED) is 0.360. The number of hydrogen-bond donors (Lipinski definition) is 1. The van der Waals surface area contributed by atoms with Gasteiger partial charge in [0.15, 0.2) is 0 Å². The van der Waals surface area contributed by atoms with Crippen LogP contribution in [-0.4, -0.2) is 37.8 Å². The molecule has 1 N–H and O–H groups in total. The minimum atomic E-state index is -7.42. The van der Waals surface area contributed by atoms with E-state index in [1.54, 1.807) is 30.3 Å². The normalized spacial score (nSPS) is 13.3. The van der Waals surface area contributed by atoms with Crippen molar-refractivity contribution >= 4 is 21.9 Å². The molecule has 0 spiro atoms. The molecule has 1 amide bonds. The van der Waals surface area contributed by atoms with E-state index < -0.39 is 45.2 Å². The second kappa shape index (κ2) is 9.23. The minimum absolute atomic E-state index is 0.136. The van der Waals surface area contributed by atoms with Crippen molar-refractivity contribution in [2.75, 3.05) is 5.32 Å². The van der Waals surface area contributed by atoms with Gasteiger partial charge in [0.1, 0.15) is 12.4 Å². The Balaban J connectivity index is 2.10. The summed E-state index contributed by atoms with van der Waals surface area (Å²) in [6.07, 6.45) is -8.21. The third-order valence-corrected chi connectivity index (χ3v) is 5.25. The van der Waals surface area contributed by atoms with E-state index in [0.717, 1.165) is 12.1 Å². The second-order valence-corrected chi connectivity index (χ2v) is 8.00. The van der Waals surface area contributed by atoms with E-state index >= 15 is 0 Å². The third kappa shape index (κ3) is 5.31. The number of hydrogen-bond acceptors (Lipinski definition) is 5. The van der Waals surface area contributed by atoms with Gasteiger partial charge in [-0.25, -0.2) is 4.79 Å². The van der Waals surface area contributed by atoms with Crippen LogP contribution < -0.4 is 9.50 Å². The van der Waals surface area contributed by atoms with Crippen molar-refractivity contribution in [2.45, 2.75) is 29.9 Å². The molecule has 0 aromatic heterocycles. The van der Waals surface area contributed by atoms with Gasteiger partial charge in [0.2, 0.25) is 0 Å². The first kappa shape index (κ1) is 27.1. The highest BCUT2D eigenvalue weighted by atomic mass is 32.2. The molecule has 0 aliphatic heterocycles. The van der Waals surface area contributed by atoms with Crippen molar-refractivity contribution < 1.29 is 61.6 Å². The first-order valence-electron chi connectivity index (χ1n) is 8.64. The molecule has 0 heterocycles. The van der Waals surface area contributed by atoms with Gasteiger partial charge in [-0.1, -0.05) is 30.3 Å². The summed E-state index contributed by atoms with van der Waals surface area (Å²) in [6, 6.07) is 11.0. The molecule has 0 fully saturated rings. The molecular weight excluding hydrogens is 513 g/mol. The number of ether oxygens (including phenoxy) is 1. The van der Waals surface area contributed by atoms with Gasteiger partial charge in [-0.05, 0) is 29.8 Å². The van der Waals surface area contributed by atoms with Crippen molar-refractivity contribution in [3.8, 4) is 5.75 Å². The van der Waals surface area contributed by atoms with Crippen LogP contribution in [0.25, 0.3) is 0 Å². The topological polar surface area (TPSA) is 81.7 Å². The SMILES string of the molecule is O=C(Nc1ccc(OS(=O)(=O)C(F)(F)C(F)(F)C(F)(F)C(F)(F)F)cc1)OCc1ccccc1. The van der Waals surface area contributed by atoms with E-state index in [0.29, 0.717) is 17.7 Å². The molecule has 16 heteroatoms. The lowest BCUT2D eigenvalue weighted by Gasteiger charge is -2.32. The van der Waals surface area contributed by atoms with Crippen LogP contribution in [0.3, 0.4) is 0 Å². The molecule has 0 unspecified atom stereocenters. The van der Waals surface area contributed by atoms with E-state index in [9.17, 15) is 52.7 Å². The standard InChI is InChI=1S/C18H12F9NO5S/c19-15(20,17(23,24)25)16(21,22)18(26,27)34(30,31)33-13-8-6-12(7-9-13)28-14(29)32-10-11-4-2-1-3-5-11/h1-9H,10H2,(H,28,29). The van der Waals surface area contributed by atoms with Gasteiger partial charge in [0.05, 0.1) is 0 Å². The zero-order valence-electron chi connectivity index (χ0n) is 16.3. The maximum atomic E-state index is 13.7. The smallest absolute Gasteiger partial charge is 0.444 e. The fourth-order valence-corrected chi connectivity index (χ4v) is 3.08. The molecule has 2 aromatic carbocycles. The van der Waals surface area contributed by atoms with Crippen molar-refractivity contribution in [3.63, 3.8) is 0 Å². The average molecular weight is 525 g/mol. The lowest BCUT2D eigenvalue weighted by Crippen LogP contribution is -2.63. The van der Waals surface area contributed by atoms with Crippen LogP contribution in [0.4, 0.5) is 50.0 Å². The summed E-state index contributed by atoms with van der Waals surface area (Å²) in [4.78, 5) is 11.7. The van der Waals surface area contributed by atoms with Crippen LogP contribution in [0, 0.1) is 0 Å². The molecule has 188 valence electrons. The Kier molecular flexibility index (Phi) is 7.35. The van der Waals surface area contributed by atoms with Crippen LogP contribution >= 0.6 is 0 Å². The Bertz CT molecular complexity index is 1100. The van der Waals surface area contributed by atoms with E-state index in [4.69, 9.17) is 4.74 Å². The van der Waals surface area contributed by atoms with Crippen LogP contribution in [0.15, 0.2) is 54.6 Å². The maximum absolute atomic E-state index is 13.7. The molecule has 34 heavy (non-hydrogen) atoms. The van der Waals surface area contributed by atoms with Crippen molar-refractivity contribution in [2.24, 2.45) is 0 Å². The van der Waals surface area contributed by atoms with Gasteiger partial charge >= 0.3 is 39.5 Å². The van der Waals surface area contributed by atoms with E-state index in [-0.39, 0.29) is 12.3 Å². The zero-order chi connectivity index (χ0) is 26.0. The van der Waals surface area contributed by atoms with Gasteiger partial charge in [0, 0.05) is 5.69 Å². The van der Waals surface area contributed by atoms with E-state index in [1.165, 1.54) is 0 Å². The third-order valence-electron chi connectivity index (χ3n) is 3.95. The molecule has 0 atom stereocenters. The number of halogens is 9. The lowest BCUT2D eigenvalue weighted by atomic mass is 10.1. The summed E-state index contributed by atoms with van der Waals surface area (Å²) < 4.78 is 148. The van der Waals surface area contributed by atoms with Crippen LogP contribution in [0.5, 0.6) is 5.75 Å². The molecule has 0 saturated heterocycles. The molecule has 6 nitrogen and oxygen atoms in total. The minimum Gasteiger partial charge on any atom is -0.444 e. The summed E-state index contributed by atoms with van der Waals surface area (Å²) in [6.45, 7) is -0.141. The fourth-order valence-electron chi connectivity index (χ4n) is 2.17. The fraction of sp³-hybridized carbons (Fsp3) is 0.278. The number of amides is 1. The average Bonchev–Trinajstić information content (AvgIpc) is 2.73. The molecule has 0 bridgehead atoms. The lowest BCUT2D eigenvalue weighted by molar-refractivity contribution is -0.382. The number of alkyl halides is 9. The Morgan fingerprint density at radius 1 is 0.794 bits per heavy atom. The van der Waals surface area contributed by atoms with Gasteiger partial charge in [-0.3, -0.25) is 5.32 Å². The van der Waals surface area contributed by atoms with Gasteiger partial charge in [0.25, 0.3) is 0 Å². The summed E-state index contributed by atoms with van der Waals surface area (Å²) in [5, 5.41) is -4.85. The van der Waals surface area contributed by atoms with Gasteiger partial charge in [-0.2, -0.15) is 47.9 Å². The van der Waals surface area contributed by atoms with Crippen LogP contribution in [0.2, 0.25) is 0 Å². The number of carbonyl (C=O) groups is 1. The second-order valence-electron chi connectivity index (χ2n) is 6.41.